The minimum Gasteiger partial charge on any atom is -0.395 e. The second kappa shape index (κ2) is 7.40. The molecule has 1 aromatic rings. The van der Waals surface area contributed by atoms with Gasteiger partial charge in [0.1, 0.15) is 16.8 Å². The van der Waals surface area contributed by atoms with Crippen molar-refractivity contribution in [2.45, 2.75) is 39.7 Å². The van der Waals surface area contributed by atoms with Crippen LogP contribution < -0.4 is 4.90 Å². The Hall–Kier alpha value is -1.20. The predicted molar refractivity (Wildman–Crippen MR) is 76.0 cm³/mol. The SMILES string of the molecule is CCC(CC)N(CCO)c1nc(C)nc(Cl)c1C=O. The first-order valence-electron chi connectivity index (χ1n) is 6.45. The monoisotopic (exact) mass is 285 g/mol. The highest BCUT2D eigenvalue weighted by molar-refractivity contribution is 6.32. The molecule has 0 aliphatic carbocycles. The van der Waals surface area contributed by atoms with E-state index in [2.05, 4.69) is 23.8 Å². The van der Waals surface area contributed by atoms with Crippen LogP contribution in [0.4, 0.5) is 5.82 Å². The fourth-order valence-electron chi connectivity index (χ4n) is 2.15. The van der Waals surface area contributed by atoms with Crippen molar-refractivity contribution >= 4 is 23.7 Å². The number of halogens is 1. The van der Waals surface area contributed by atoms with E-state index in [9.17, 15) is 9.90 Å². The van der Waals surface area contributed by atoms with Gasteiger partial charge in [-0.25, -0.2) is 9.97 Å². The Morgan fingerprint density at radius 1 is 1.37 bits per heavy atom. The largest absolute Gasteiger partial charge is 0.395 e. The number of hydrogen-bond donors (Lipinski definition) is 1. The van der Waals surface area contributed by atoms with Gasteiger partial charge in [0.05, 0.1) is 12.2 Å². The van der Waals surface area contributed by atoms with E-state index >= 15 is 0 Å². The molecule has 1 rings (SSSR count). The maximum absolute atomic E-state index is 11.2. The molecular formula is C13H20ClN3O2. The van der Waals surface area contributed by atoms with Crippen LogP contribution in [0.5, 0.6) is 0 Å². The minimum absolute atomic E-state index is 0.00450. The number of aliphatic hydroxyl groups excluding tert-OH is 1. The summed E-state index contributed by atoms with van der Waals surface area (Å²) in [6.07, 6.45) is 2.47. The zero-order valence-electron chi connectivity index (χ0n) is 11.6. The third-order valence-electron chi connectivity index (χ3n) is 3.10. The molecule has 0 fully saturated rings. The van der Waals surface area contributed by atoms with Crippen LogP contribution in [-0.2, 0) is 0 Å². The molecule has 0 unspecified atom stereocenters. The summed E-state index contributed by atoms with van der Waals surface area (Å²) in [6, 6.07) is 0.205. The number of carbonyl (C=O) groups excluding carboxylic acids is 1. The fraction of sp³-hybridized carbons (Fsp3) is 0.615. The lowest BCUT2D eigenvalue weighted by molar-refractivity contribution is 0.112. The summed E-state index contributed by atoms with van der Waals surface area (Å²) in [5, 5.41) is 9.39. The van der Waals surface area contributed by atoms with E-state index in [-0.39, 0.29) is 23.4 Å². The normalized spacial score (nSPS) is 10.8. The number of aryl methyl sites for hydroxylation is 1. The van der Waals surface area contributed by atoms with Gasteiger partial charge in [0.15, 0.2) is 6.29 Å². The molecule has 0 aliphatic heterocycles. The molecule has 0 amide bonds. The van der Waals surface area contributed by atoms with Gasteiger partial charge >= 0.3 is 0 Å². The molecule has 1 aromatic heterocycles. The second-order valence-corrected chi connectivity index (χ2v) is 4.66. The smallest absolute Gasteiger partial charge is 0.156 e. The van der Waals surface area contributed by atoms with Gasteiger partial charge in [0.2, 0.25) is 0 Å². The number of rotatable bonds is 7. The van der Waals surface area contributed by atoms with Crippen LogP contribution in [0.25, 0.3) is 0 Å². The Morgan fingerprint density at radius 2 is 2.00 bits per heavy atom. The molecule has 0 aromatic carbocycles. The molecule has 0 spiro atoms. The van der Waals surface area contributed by atoms with Gasteiger partial charge < -0.3 is 10.0 Å². The number of aliphatic hydroxyl groups is 1. The van der Waals surface area contributed by atoms with Gasteiger partial charge in [-0.1, -0.05) is 25.4 Å². The molecule has 0 bridgehead atoms. The van der Waals surface area contributed by atoms with Gasteiger partial charge in [-0.05, 0) is 19.8 Å². The fourth-order valence-corrected chi connectivity index (χ4v) is 2.40. The molecule has 1 N–H and O–H groups in total. The lowest BCUT2D eigenvalue weighted by atomic mass is 10.1. The van der Waals surface area contributed by atoms with Crippen LogP contribution in [0.3, 0.4) is 0 Å². The number of aromatic nitrogens is 2. The van der Waals surface area contributed by atoms with Gasteiger partial charge in [-0.3, -0.25) is 4.79 Å². The highest BCUT2D eigenvalue weighted by Gasteiger charge is 2.22. The number of carbonyl (C=O) groups is 1. The van der Waals surface area contributed by atoms with Crippen LogP contribution in [0, 0.1) is 6.92 Å². The van der Waals surface area contributed by atoms with Gasteiger partial charge in [0.25, 0.3) is 0 Å². The van der Waals surface area contributed by atoms with Gasteiger partial charge in [-0.15, -0.1) is 0 Å². The summed E-state index contributed by atoms with van der Waals surface area (Å²) in [4.78, 5) is 21.5. The lowest BCUT2D eigenvalue weighted by Crippen LogP contribution is -2.38. The molecule has 6 heteroatoms. The summed E-state index contributed by atoms with van der Waals surface area (Å²) in [5.74, 6) is 1.02. The van der Waals surface area contributed by atoms with E-state index in [4.69, 9.17) is 11.6 Å². The van der Waals surface area contributed by atoms with Crippen LogP contribution in [-0.4, -0.2) is 40.6 Å². The van der Waals surface area contributed by atoms with Gasteiger partial charge in [-0.2, -0.15) is 0 Å². The highest BCUT2D eigenvalue weighted by atomic mass is 35.5. The predicted octanol–water partition coefficient (Wildman–Crippen LogP) is 2.24. The zero-order valence-corrected chi connectivity index (χ0v) is 12.3. The molecule has 0 saturated heterocycles. The molecule has 5 nitrogen and oxygen atoms in total. The minimum atomic E-state index is -0.00450. The molecule has 0 atom stereocenters. The Bertz CT molecular complexity index is 436. The first kappa shape index (κ1) is 15.9. The summed E-state index contributed by atoms with van der Waals surface area (Å²) < 4.78 is 0. The standard InChI is InChI=1S/C13H20ClN3O2/c1-4-10(5-2)17(6-7-18)13-11(8-19)12(14)15-9(3)16-13/h8,10,18H,4-7H2,1-3H3. The molecule has 1 heterocycles. The van der Waals surface area contributed by atoms with Crippen molar-refractivity contribution in [3.8, 4) is 0 Å². The van der Waals surface area contributed by atoms with Crippen LogP contribution in [0.2, 0.25) is 5.15 Å². The average molecular weight is 286 g/mol. The Kier molecular flexibility index (Phi) is 6.18. The molecule has 0 saturated carbocycles. The average Bonchev–Trinajstić information content (AvgIpc) is 2.38. The van der Waals surface area contributed by atoms with Crippen molar-refractivity contribution in [1.82, 2.24) is 9.97 Å². The molecular weight excluding hydrogens is 266 g/mol. The van der Waals surface area contributed by atoms with Crippen molar-refractivity contribution in [3.63, 3.8) is 0 Å². The van der Waals surface area contributed by atoms with Crippen molar-refractivity contribution in [3.05, 3.63) is 16.5 Å². The second-order valence-electron chi connectivity index (χ2n) is 4.30. The lowest BCUT2D eigenvalue weighted by Gasteiger charge is -2.32. The van der Waals surface area contributed by atoms with Crippen LogP contribution in [0.1, 0.15) is 42.9 Å². The van der Waals surface area contributed by atoms with Gasteiger partial charge in [0, 0.05) is 12.6 Å². The maximum Gasteiger partial charge on any atom is 0.156 e. The highest BCUT2D eigenvalue weighted by Crippen LogP contribution is 2.26. The van der Waals surface area contributed by atoms with Crippen molar-refractivity contribution in [2.24, 2.45) is 0 Å². The van der Waals surface area contributed by atoms with Crippen LogP contribution in [0.15, 0.2) is 0 Å². The quantitative estimate of drug-likeness (QED) is 0.615. The number of hydrogen-bond acceptors (Lipinski definition) is 5. The van der Waals surface area contributed by atoms with Crippen molar-refractivity contribution < 1.29 is 9.90 Å². The Morgan fingerprint density at radius 3 is 2.47 bits per heavy atom. The third kappa shape index (κ3) is 3.64. The summed E-state index contributed by atoms with van der Waals surface area (Å²) >= 11 is 6.00. The summed E-state index contributed by atoms with van der Waals surface area (Å²) in [5.41, 5.74) is 0.285. The van der Waals surface area contributed by atoms with E-state index in [1.165, 1.54) is 0 Å². The summed E-state index contributed by atoms with van der Waals surface area (Å²) in [7, 11) is 0. The van der Waals surface area contributed by atoms with Crippen LogP contribution >= 0.6 is 11.6 Å². The Labute approximate surface area is 118 Å². The number of nitrogens with zero attached hydrogens (tertiary/aromatic N) is 3. The van der Waals surface area contributed by atoms with Crippen molar-refractivity contribution in [2.75, 3.05) is 18.1 Å². The molecule has 106 valence electrons. The number of anilines is 1. The third-order valence-corrected chi connectivity index (χ3v) is 3.39. The van der Waals surface area contributed by atoms with E-state index in [1.807, 2.05) is 4.90 Å². The van der Waals surface area contributed by atoms with E-state index < -0.39 is 0 Å². The Balaban J connectivity index is 3.32. The van der Waals surface area contributed by atoms with E-state index in [1.54, 1.807) is 6.92 Å². The first-order chi connectivity index (χ1) is 9.08. The topological polar surface area (TPSA) is 66.3 Å². The number of aldehydes is 1. The summed E-state index contributed by atoms with van der Waals surface area (Å²) in [6.45, 7) is 6.27. The molecule has 0 aliphatic rings. The molecule has 0 radical (unpaired) electrons. The van der Waals surface area contributed by atoms with E-state index in [0.717, 1.165) is 12.8 Å². The zero-order chi connectivity index (χ0) is 14.4. The van der Waals surface area contributed by atoms with Crippen molar-refractivity contribution in [1.29, 1.82) is 0 Å². The maximum atomic E-state index is 11.2. The molecule has 19 heavy (non-hydrogen) atoms. The first-order valence-corrected chi connectivity index (χ1v) is 6.83. The van der Waals surface area contributed by atoms with E-state index in [0.29, 0.717) is 24.5 Å².